The van der Waals surface area contributed by atoms with Gasteiger partial charge >= 0.3 is 0 Å². The monoisotopic (exact) mass is 233 g/mol. The molecule has 0 radical (unpaired) electrons. The first kappa shape index (κ1) is 11.9. The molecule has 2 aromatic rings. The Balaban J connectivity index is 0.000000514. The lowest BCUT2D eigenvalue weighted by atomic mass is 10.1. The van der Waals surface area contributed by atoms with Gasteiger partial charge in [-0.2, -0.15) is 5.10 Å². The number of hydrogen-bond donors (Lipinski definition) is 0. The Kier molecular flexibility index (Phi) is 3.31. The van der Waals surface area contributed by atoms with Gasteiger partial charge in [0.05, 0.1) is 17.0 Å². The summed E-state index contributed by atoms with van der Waals surface area (Å²) in [6.07, 6.45) is 4.38. The maximum atomic E-state index is 5.38. The summed E-state index contributed by atoms with van der Waals surface area (Å²) in [4.78, 5) is 0. The third-order valence-corrected chi connectivity index (χ3v) is 2.81. The molecule has 1 fully saturated rings. The molecule has 4 heteroatoms. The largest absolute Gasteiger partial charge is 0.360 e. The molecule has 1 aliphatic carbocycles. The van der Waals surface area contributed by atoms with Gasteiger partial charge in [-0.3, -0.25) is 4.68 Å². The molecule has 0 spiro atoms. The molecule has 1 saturated carbocycles. The summed E-state index contributed by atoms with van der Waals surface area (Å²) < 4.78 is 7.19. The van der Waals surface area contributed by atoms with Crippen molar-refractivity contribution in [2.24, 2.45) is 7.05 Å². The van der Waals surface area contributed by atoms with Crippen molar-refractivity contribution >= 4 is 0 Å². The summed E-state index contributed by atoms with van der Waals surface area (Å²) in [5.74, 6) is 1.59. The van der Waals surface area contributed by atoms with Crippen molar-refractivity contribution < 1.29 is 4.52 Å². The van der Waals surface area contributed by atoms with E-state index in [1.165, 1.54) is 12.8 Å². The van der Waals surface area contributed by atoms with Gasteiger partial charge in [-0.05, 0) is 25.8 Å². The SMILES string of the molecule is CC.Cc1noc(C2CC2)c1-c1ccn(C)n1. The number of rotatable bonds is 2. The molecular formula is C13H19N3O. The van der Waals surface area contributed by atoms with Crippen LogP contribution in [0, 0.1) is 6.92 Å². The second-order valence-corrected chi connectivity index (χ2v) is 4.16. The normalized spacial score (nSPS) is 14.4. The third-order valence-electron chi connectivity index (χ3n) is 2.81. The van der Waals surface area contributed by atoms with E-state index in [0.717, 1.165) is 22.7 Å². The highest BCUT2D eigenvalue weighted by molar-refractivity contribution is 5.64. The fraction of sp³-hybridized carbons (Fsp3) is 0.538. The van der Waals surface area contributed by atoms with Gasteiger partial charge in [0.2, 0.25) is 0 Å². The van der Waals surface area contributed by atoms with Crippen molar-refractivity contribution in [3.8, 4) is 11.3 Å². The maximum absolute atomic E-state index is 5.38. The van der Waals surface area contributed by atoms with Crippen molar-refractivity contribution in [3.63, 3.8) is 0 Å². The predicted octanol–water partition coefficient (Wildman–Crippen LogP) is 3.29. The number of aryl methyl sites for hydroxylation is 2. The molecule has 0 N–H and O–H groups in total. The van der Waals surface area contributed by atoms with Gasteiger partial charge in [0, 0.05) is 19.2 Å². The average Bonchev–Trinajstić information content (AvgIpc) is 2.99. The summed E-state index contributed by atoms with van der Waals surface area (Å²) in [6, 6.07) is 2.01. The second-order valence-electron chi connectivity index (χ2n) is 4.16. The average molecular weight is 233 g/mol. The number of hydrogen-bond acceptors (Lipinski definition) is 3. The van der Waals surface area contributed by atoms with Crippen LogP contribution in [0.2, 0.25) is 0 Å². The van der Waals surface area contributed by atoms with Crippen LogP contribution < -0.4 is 0 Å². The smallest absolute Gasteiger partial charge is 0.149 e. The van der Waals surface area contributed by atoms with Crippen molar-refractivity contribution in [1.82, 2.24) is 14.9 Å². The van der Waals surface area contributed by atoms with Gasteiger partial charge < -0.3 is 4.52 Å². The minimum Gasteiger partial charge on any atom is -0.360 e. The van der Waals surface area contributed by atoms with Gasteiger partial charge in [0.25, 0.3) is 0 Å². The lowest BCUT2D eigenvalue weighted by Crippen LogP contribution is -1.90. The predicted molar refractivity (Wildman–Crippen MR) is 66.8 cm³/mol. The molecule has 17 heavy (non-hydrogen) atoms. The third kappa shape index (κ3) is 2.25. The van der Waals surface area contributed by atoms with Crippen LogP contribution in [0.1, 0.15) is 44.1 Å². The highest BCUT2D eigenvalue weighted by atomic mass is 16.5. The summed E-state index contributed by atoms with van der Waals surface area (Å²) in [5, 5.41) is 8.44. The first-order chi connectivity index (χ1) is 8.25. The lowest BCUT2D eigenvalue weighted by molar-refractivity contribution is 0.381. The van der Waals surface area contributed by atoms with Crippen LogP contribution in [0.4, 0.5) is 0 Å². The van der Waals surface area contributed by atoms with Gasteiger partial charge in [0.15, 0.2) is 0 Å². The molecule has 4 nitrogen and oxygen atoms in total. The van der Waals surface area contributed by atoms with Crippen molar-refractivity contribution in [1.29, 1.82) is 0 Å². The molecule has 92 valence electrons. The molecule has 0 aliphatic heterocycles. The van der Waals surface area contributed by atoms with Crippen molar-refractivity contribution in [2.75, 3.05) is 0 Å². The molecule has 0 aromatic carbocycles. The molecule has 2 heterocycles. The van der Waals surface area contributed by atoms with E-state index in [9.17, 15) is 0 Å². The standard InChI is InChI=1S/C11H13N3O.C2H6/c1-7-10(9-5-6-14(2)12-9)11(15-13-7)8-3-4-8;1-2/h5-6,8H,3-4H2,1-2H3;1-2H3. The molecule has 0 saturated heterocycles. The fourth-order valence-corrected chi connectivity index (χ4v) is 1.87. The lowest BCUT2D eigenvalue weighted by Gasteiger charge is -1.96. The van der Waals surface area contributed by atoms with E-state index in [1.807, 2.05) is 40.1 Å². The highest BCUT2D eigenvalue weighted by Crippen LogP contribution is 2.45. The van der Waals surface area contributed by atoms with Crippen molar-refractivity contribution in [2.45, 2.75) is 39.5 Å². The molecule has 2 aromatic heterocycles. The van der Waals surface area contributed by atoms with E-state index in [-0.39, 0.29) is 0 Å². The summed E-state index contributed by atoms with van der Waals surface area (Å²) in [6.45, 7) is 5.97. The van der Waals surface area contributed by atoms with E-state index >= 15 is 0 Å². The highest BCUT2D eigenvalue weighted by Gasteiger charge is 2.32. The number of nitrogens with zero attached hydrogens (tertiary/aromatic N) is 3. The van der Waals surface area contributed by atoms with Crippen molar-refractivity contribution in [3.05, 3.63) is 23.7 Å². The second kappa shape index (κ2) is 4.73. The summed E-state index contributed by atoms with van der Waals surface area (Å²) >= 11 is 0. The topological polar surface area (TPSA) is 43.9 Å². The molecule has 0 atom stereocenters. The molecule has 0 amide bonds. The quantitative estimate of drug-likeness (QED) is 0.799. The van der Waals surface area contributed by atoms with Gasteiger partial charge in [-0.1, -0.05) is 19.0 Å². The molecule has 0 unspecified atom stereocenters. The molecular weight excluding hydrogens is 214 g/mol. The van der Waals surface area contributed by atoms with E-state index in [2.05, 4.69) is 10.3 Å². The van der Waals surface area contributed by atoms with E-state index in [4.69, 9.17) is 4.52 Å². The number of aromatic nitrogens is 3. The zero-order valence-electron chi connectivity index (χ0n) is 10.9. The maximum Gasteiger partial charge on any atom is 0.149 e. The first-order valence-electron chi connectivity index (χ1n) is 6.22. The van der Waals surface area contributed by atoms with Crippen LogP contribution in [0.3, 0.4) is 0 Å². The Morgan fingerprint density at radius 3 is 2.59 bits per heavy atom. The van der Waals surface area contributed by atoms with Crippen LogP contribution in [0.5, 0.6) is 0 Å². The minimum absolute atomic E-state index is 0.572. The fourth-order valence-electron chi connectivity index (χ4n) is 1.87. The van der Waals surface area contributed by atoms with Gasteiger partial charge in [-0.15, -0.1) is 0 Å². The molecule has 3 rings (SSSR count). The summed E-state index contributed by atoms with van der Waals surface area (Å²) in [7, 11) is 1.92. The zero-order valence-corrected chi connectivity index (χ0v) is 10.9. The zero-order chi connectivity index (χ0) is 12.4. The minimum atomic E-state index is 0.572. The van der Waals surface area contributed by atoms with Crippen LogP contribution in [0.25, 0.3) is 11.3 Å². The first-order valence-corrected chi connectivity index (χ1v) is 6.22. The van der Waals surface area contributed by atoms with Gasteiger partial charge in [0.1, 0.15) is 5.76 Å². The van der Waals surface area contributed by atoms with Crippen LogP contribution >= 0.6 is 0 Å². The van der Waals surface area contributed by atoms with Crippen LogP contribution in [0.15, 0.2) is 16.8 Å². The van der Waals surface area contributed by atoms with Crippen LogP contribution in [-0.4, -0.2) is 14.9 Å². The van der Waals surface area contributed by atoms with E-state index < -0.39 is 0 Å². The molecule has 1 aliphatic rings. The summed E-state index contributed by atoms with van der Waals surface area (Å²) in [5.41, 5.74) is 3.01. The van der Waals surface area contributed by atoms with Crippen LogP contribution in [-0.2, 0) is 7.05 Å². The van der Waals surface area contributed by atoms with Gasteiger partial charge in [-0.25, -0.2) is 0 Å². The molecule has 0 bridgehead atoms. The Morgan fingerprint density at radius 1 is 1.35 bits per heavy atom. The van der Waals surface area contributed by atoms with E-state index in [1.54, 1.807) is 4.68 Å². The Labute approximate surface area is 102 Å². The Morgan fingerprint density at radius 2 is 2.06 bits per heavy atom. The Bertz CT molecular complexity index is 494. The van der Waals surface area contributed by atoms with E-state index in [0.29, 0.717) is 5.92 Å². The Hall–Kier alpha value is -1.58.